The topological polar surface area (TPSA) is 62.5 Å². The average molecular weight is 225 g/mol. The van der Waals surface area contributed by atoms with Crippen molar-refractivity contribution in [1.82, 2.24) is 5.32 Å². The van der Waals surface area contributed by atoms with Gasteiger partial charge < -0.3 is 14.8 Å². The highest BCUT2D eigenvalue weighted by molar-refractivity contribution is 5.78. The zero-order chi connectivity index (χ0) is 12.0. The highest BCUT2D eigenvalue weighted by Crippen LogP contribution is 2.15. The van der Waals surface area contributed by atoms with Crippen molar-refractivity contribution in [2.24, 2.45) is 0 Å². The molecule has 2 N–H and O–H groups in total. The summed E-state index contributed by atoms with van der Waals surface area (Å²) in [7, 11) is 0. The van der Waals surface area contributed by atoms with Crippen molar-refractivity contribution in [2.45, 2.75) is 38.6 Å². The van der Waals surface area contributed by atoms with E-state index in [-0.39, 0.29) is 0 Å². The molecular weight excluding hydrogens is 206 g/mol. The van der Waals surface area contributed by atoms with Crippen LogP contribution in [-0.2, 0) is 11.2 Å². The zero-order valence-electron chi connectivity index (χ0n) is 9.82. The quantitative estimate of drug-likeness (QED) is 0.745. The smallest absolute Gasteiger partial charge is 0.323 e. The summed E-state index contributed by atoms with van der Waals surface area (Å²) in [4.78, 5) is 11.2. The van der Waals surface area contributed by atoms with Gasteiger partial charge in [0.25, 0.3) is 0 Å². The van der Waals surface area contributed by atoms with E-state index in [9.17, 15) is 9.90 Å². The second-order valence-electron chi connectivity index (χ2n) is 3.85. The number of carboxylic acids is 1. The molecule has 0 amide bonds. The number of carbonyl (C=O) groups is 1. The Kier molecular flexibility index (Phi) is 4.55. The van der Waals surface area contributed by atoms with E-state index in [0.29, 0.717) is 25.8 Å². The molecule has 0 radical (unpaired) electrons. The number of hydrogen-bond donors (Lipinski definition) is 2. The Morgan fingerprint density at radius 1 is 1.50 bits per heavy atom. The lowest BCUT2D eigenvalue weighted by molar-refractivity contribution is -0.145. The van der Waals surface area contributed by atoms with Crippen molar-refractivity contribution in [3.63, 3.8) is 0 Å². The molecule has 0 aromatic carbocycles. The molecule has 0 bridgehead atoms. The van der Waals surface area contributed by atoms with Crippen LogP contribution < -0.4 is 5.32 Å². The predicted octanol–water partition coefficient (Wildman–Crippen LogP) is 2.06. The summed E-state index contributed by atoms with van der Waals surface area (Å²) in [6.07, 6.45) is 3.50. The summed E-state index contributed by atoms with van der Waals surface area (Å²) in [5.41, 5.74) is -0.799. The molecule has 0 fully saturated rings. The molecule has 1 heterocycles. The third-order valence-corrected chi connectivity index (χ3v) is 3.03. The van der Waals surface area contributed by atoms with E-state index in [1.54, 1.807) is 6.26 Å². The van der Waals surface area contributed by atoms with E-state index in [4.69, 9.17) is 4.42 Å². The standard InChI is InChI=1S/C12H19NO3/c1-3-12(4-2,11(14)15)13-8-7-10-6-5-9-16-10/h5-6,9,13H,3-4,7-8H2,1-2H3,(H,14,15). The van der Waals surface area contributed by atoms with Crippen molar-refractivity contribution >= 4 is 5.97 Å². The van der Waals surface area contributed by atoms with Crippen molar-refractivity contribution in [3.05, 3.63) is 24.2 Å². The number of carboxylic acid groups (broad SMARTS) is 1. The van der Waals surface area contributed by atoms with Crippen LogP contribution in [0.25, 0.3) is 0 Å². The van der Waals surface area contributed by atoms with Gasteiger partial charge in [0.1, 0.15) is 11.3 Å². The summed E-state index contributed by atoms with van der Waals surface area (Å²) < 4.78 is 5.19. The Morgan fingerprint density at radius 3 is 2.62 bits per heavy atom. The Hall–Kier alpha value is -1.29. The lowest BCUT2D eigenvalue weighted by Gasteiger charge is -2.28. The third kappa shape index (κ3) is 2.85. The first-order chi connectivity index (χ1) is 7.64. The Bertz CT molecular complexity index is 315. The minimum atomic E-state index is -0.799. The zero-order valence-corrected chi connectivity index (χ0v) is 9.82. The van der Waals surface area contributed by atoms with E-state index < -0.39 is 11.5 Å². The summed E-state index contributed by atoms with van der Waals surface area (Å²) in [6, 6.07) is 3.72. The number of hydrogen-bond acceptors (Lipinski definition) is 3. The highest BCUT2D eigenvalue weighted by atomic mass is 16.4. The van der Waals surface area contributed by atoms with Crippen LogP contribution in [0.15, 0.2) is 22.8 Å². The van der Waals surface area contributed by atoms with Crippen LogP contribution in [0, 0.1) is 0 Å². The summed E-state index contributed by atoms with van der Waals surface area (Å²) >= 11 is 0. The molecule has 1 rings (SSSR count). The van der Waals surface area contributed by atoms with Gasteiger partial charge in [-0.2, -0.15) is 0 Å². The SMILES string of the molecule is CCC(CC)(NCCc1ccco1)C(=O)O. The fraction of sp³-hybridized carbons (Fsp3) is 0.583. The van der Waals surface area contributed by atoms with Gasteiger partial charge in [0.15, 0.2) is 0 Å². The lowest BCUT2D eigenvalue weighted by Crippen LogP contribution is -2.51. The number of rotatable bonds is 7. The molecule has 1 aromatic heterocycles. The van der Waals surface area contributed by atoms with Gasteiger partial charge in [-0.15, -0.1) is 0 Å². The maximum Gasteiger partial charge on any atom is 0.323 e. The van der Waals surface area contributed by atoms with Crippen molar-refractivity contribution < 1.29 is 14.3 Å². The van der Waals surface area contributed by atoms with Crippen molar-refractivity contribution in [1.29, 1.82) is 0 Å². The van der Waals surface area contributed by atoms with Crippen LogP contribution in [0.1, 0.15) is 32.4 Å². The largest absolute Gasteiger partial charge is 0.480 e. The minimum Gasteiger partial charge on any atom is -0.480 e. The Morgan fingerprint density at radius 2 is 2.19 bits per heavy atom. The van der Waals surface area contributed by atoms with Gasteiger partial charge in [0.05, 0.1) is 6.26 Å². The van der Waals surface area contributed by atoms with Crippen LogP contribution in [0.3, 0.4) is 0 Å². The van der Waals surface area contributed by atoms with E-state index >= 15 is 0 Å². The van der Waals surface area contributed by atoms with Crippen LogP contribution in [-0.4, -0.2) is 23.2 Å². The molecule has 0 saturated carbocycles. The van der Waals surface area contributed by atoms with E-state index in [2.05, 4.69) is 5.32 Å². The first-order valence-electron chi connectivity index (χ1n) is 5.65. The number of aliphatic carboxylic acids is 1. The van der Waals surface area contributed by atoms with Crippen LogP contribution in [0.4, 0.5) is 0 Å². The minimum absolute atomic E-state index is 0.580. The van der Waals surface area contributed by atoms with Gasteiger partial charge in [0.2, 0.25) is 0 Å². The first-order valence-corrected chi connectivity index (χ1v) is 5.65. The van der Waals surface area contributed by atoms with Crippen molar-refractivity contribution in [2.75, 3.05) is 6.54 Å². The molecule has 0 saturated heterocycles. The van der Waals surface area contributed by atoms with Gasteiger partial charge in [-0.05, 0) is 25.0 Å². The molecule has 0 aliphatic heterocycles. The molecule has 90 valence electrons. The number of nitrogens with one attached hydrogen (secondary N) is 1. The van der Waals surface area contributed by atoms with Gasteiger partial charge >= 0.3 is 5.97 Å². The van der Waals surface area contributed by atoms with Gasteiger partial charge in [-0.25, -0.2) is 0 Å². The third-order valence-electron chi connectivity index (χ3n) is 3.03. The normalized spacial score (nSPS) is 11.6. The van der Waals surface area contributed by atoms with Crippen LogP contribution in [0.5, 0.6) is 0 Å². The maximum atomic E-state index is 11.2. The molecule has 0 aliphatic rings. The number of furan rings is 1. The fourth-order valence-corrected chi connectivity index (χ4v) is 1.76. The Labute approximate surface area is 95.7 Å². The molecule has 16 heavy (non-hydrogen) atoms. The molecule has 0 unspecified atom stereocenters. The predicted molar refractivity (Wildman–Crippen MR) is 61.4 cm³/mol. The average Bonchev–Trinajstić information content (AvgIpc) is 2.77. The van der Waals surface area contributed by atoms with E-state index in [1.807, 2.05) is 26.0 Å². The van der Waals surface area contributed by atoms with Gasteiger partial charge in [0, 0.05) is 13.0 Å². The summed E-state index contributed by atoms with van der Waals surface area (Å²) in [5.74, 6) is 0.0935. The molecule has 1 aromatic rings. The molecule has 0 aliphatic carbocycles. The van der Waals surface area contributed by atoms with Gasteiger partial charge in [-0.3, -0.25) is 4.79 Å². The molecule has 4 heteroatoms. The van der Waals surface area contributed by atoms with E-state index in [0.717, 1.165) is 5.76 Å². The molecule has 0 atom stereocenters. The Balaban J connectivity index is 2.47. The first kappa shape index (κ1) is 12.8. The second kappa shape index (κ2) is 5.70. The summed E-state index contributed by atoms with van der Waals surface area (Å²) in [5, 5.41) is 12.3. The molecule has 4 nitrogen and oxygen atoms in total. The summed E-state index contributed by atoms with van der Waals surface area (Å²) in [6.45, 7) is 4.39. The fourth-order valence-electron chi connectivity index (χ4n) is 1.76. The molecular formula is C12H19NO3. The van der Waals surface area contributed by atoms with Crippen LogP contribution >= 0.6 is 0 Å². The van der Waals surface area contributed by atoms with E-state index in [1.165, 1.54) is 0 Å². The lowest BCUT2D eigenvalue weighted by atomic mass is 9.93. The van der Waals surface area contributed by atoms with Crippen LogP contribution in [0.2, 0.25) is 0 Å². The maximum absolute atomic E-state index is 11.2. The monoisotopic (exact) mass is 225 g/mol. The van der Waals surface area contributed by atoms with Crippen molar-refractivity contribution in [3.8, 4) is 0 Å². The van der Waals surface area contributed by atoms with Gasteiger partial charge in [-0.1, -0.05) is 13.8 Å². The second-order valence-corrected chi connectivity index (χ2v) is 3.85. The molecule has 0 spiro atoms. The highest BCUT2D eigenvalue weighted by Gasteiger charge is 2.33.